The molecule has 5 heteroatoms. The Hall–Kier alpha value is -0.274. The fourth-order valence-electron chi connectivity index (χ4n) is 2.14. The van der Waals surface area contributed by atoms with Crippen LogP contribution in [0.5, 0.6) is 0 Å². The molecule has 0 bridgehead atoms. The fourth-order valence-corrected chi connectivity index (χ4v) is 2.65. The van der Waals surface area contributed by atoms with E-state index in [2.05, 4.69) is 0 Å². The third kappa shape index (κ3) is 2.92. The molecule has 3 aromatic rings. The van der Waals surface area contributed by atoms with E-state index >= 15 is 0 Å². The maximum atomic E-state index is 11.2. The van der Waals surface area contributed by atoms with Crippen LogP contribution in [0, 0.1) is 0 Å². The summed E-state index contributed by atoms with van der Waals surface area (Å²) in [4.78, 5) is -0.0775. The SMILES string of the molecule is O=S(=O)(O)c1ccc2ccc3ccccc3c2c1.[K]. The van der Waals surface area contributed by atoms with Crippen molar-refractivity contribution in [1.29, 1.82) is 0 Å². The summed E-state index contributed by atoms with van der Waals surface area (Å²) in [5, 5.41) is 3.78. The minimum Gasteiger partial charge on any atom is -0.282 e. The Kier molecular flexibility index (Phi) is 4.47. The van der Waals surface area contributed by atoms with Crippen LogP contribution < -0.4 is 0 Å². The van der Waals surface area contributed by atoms with E-state index in [0.29, 0.717) is 0 Å². The number of hydrogen-bond acceptors (Lipinski definition) is 2. The van der Waals surface area contributed by atoms with E-state index < -0.39 is 10.1 Å². The van der Waals surface area contributed by atoms with E-state index in [1.54, 1.807) is 6.07 Å². The molecule has 0 saturated heterocycles. The first kappa shape index (κ1) is 15.1. The van der Waals surface area contributed by atoms with Gasteiger partial charge in [0.1, 0.15) is 0 Å². The molecule has 0 amide bonds. The van der Waals surface area contributed by atoms with Crippen LogP contribution in [0.15, 0.2) is 59.5 Å². The average molecular weight is 297 g/mol. The molecule has 0 aromatic heterocycles. The topological polar surface area (TPSA) is 54.4 Å². The van der Waals surface area contributed by atoms with Crippen molar-refractivity contribution in [3.8, 4) is 0 Å². The van der Waals surface area contributed by atoms with Gasteiger partial charge in [0.05, 0.1) is 4.90 Å². The van der Waals surface area contributed by atoms with E-state index in [-0.39, 0.29) is 56.3 Å². The molecule has 0 saturated carbocycles. The Morgan fingerprint density at radius 1 is 0.789 bits per heavy atom. The summed E-state index contributed by atoms with van der Waals surface area (Å²) in [6.07, 6.45) is 0. The van der Waals surface area contributed by atoms with Crippen molar-refractivity contribution in [2.24, 2.45) is 0 Å². The molecule has 0 heterocycles. The molecule has 1 radical (unpaired) electrons. The van der Waals surface area contributed by atoms with E-state index in [1.165, 1.54) is 12.1 Å². The van der Waals surface area contributed by atoms with Crippen LogP contribution in [0.25, 0.3) is 21.5 Å². The Balaban J connectivity index is 0.00000133. The minimum atomic E-state index is -4.16. The van der Waals surface area contributed by atoms with Crippen LogP contribution >= 0.6 is 0 Å². The zero-order valence-electron chi connectivity index (χ0n) is 10.4. The first-order valence-electron chi connectivity index (χ1n) is 5.45. The predicted molar refractivity (Wildman–Crippen MR) is 77.0 cm³/mol. The molecule has 3 nitrogen and oxygen atoms in total. The Morgan fingerprint density at radius 3 is 2.05 bits per heavy atom. The first-order valence-corrected chi connectivity index (χ1v) is 6.89. The first-order chi connectivity index (χ1) is 8.55. The van der Waals surface area contributed by atoms with Gasteiger partial charge >= 0.3 is 0 Å². The number of benzene rings is 3. The molecule has 1 N–H and O–H groups in total. The van der Waals surface area contributed by atoms with Crippen molar-refractivity contribution in [1.82, 2.24) is 0 Å². The van der Waals surface area contributed by atoms with Crippen LogP contribution in [-0.2, 0) is 10.1 Å². The van der Waals surface area contributed by atoms with Crippen molar-refractivity contribution >= 4 is 83.0 Å². The average Bonchev–Trinajstić information content (AvgIpc) is 2.37. The smallest absolute Gasteiger partial charge is 0.282 e. The van der Waals surface area contributed by atoms with Crippen LogP contribution in [0.1, 0.15) is 0 Å². The van der Waals surface area contributed by atoms with E-state index in [9.17, 15) is 8.42 Å². The van der Waals surface area contributed by atoms with E-state index in [4.69, 9.17) is 4.55 Å². The monoisotopic (exact) mass is 297 g/mol. The molecule has 0 aliphatic heterocycles. The third-order valence-electron chi connectivity index (χ3n) is 3.02. The second-order valence-corrected chi connectivity index (χ2v) is 5.57. The molecular weight excluding hydrogens is 287 g/mol. The standard InChI is InChI=1S/C14H10O3S.K/c15-18(16,17)12-8-7-11-6-5-10-3-1-2-4-13(10)14(11)9-12;/h1-9H,(H,15,16,17);. The molecule has 3 aromatic carbocycles. The summed E-state index contributed by atoms with van der Waals surface area (Å²) >= 11 is 0. The maximum absolute atomic E-state index is 11.2. The Bertz CT molecular complexity index is 857. The van der Waals surface area contributed by atoms with Gasteiger partial charge in [0, 0.05) is 51.4 Å². The van der Waals surface area contributed by atoms with Crippen molar-refractivity contribution < 1.29 is 13.0 Å². The molecule has 0 unspecified atom stereocenters. The van der Waals surface area contributed by atoms with Gasteiger partial charge in [0.25, 0.3) is 10.1 Å². The van der Waals surface area contributed by atoms with Gasteiger partial charge in [0.2, 0.25) is 0 Å². The van der Waals surface area contributed by atoms with Gasteiger partial charge in [-0.3, -0.25) is 4.55 Å². The molecule has 19 heavy (non-hydrogen) atoms. The molecule has 91 valence electrons. The van der Waals surface area contributed by atoms with Gasteiger partial charge in [-0.25, -0.2) is 0 Å². The van der Waals surface area contributed by atoms with Crippen molar-refractivity contribution in [3.63, 3.8) is 0 Å². The summed E-state index contributed by atoms with van der Waals surface area (Å²) < 4.78 is 31.4. The molecule has 0 spiro atoms. The molecule has 0 fully saturated rings. The van der Waals surface area contributed by atoms with Crippen molar-refractivity contribution in [2.75, 3.05) is 0 Å². The summed E-state index contributed by atoms with van der Waals surface area (Å²) in [7, 11) is -4.16. The van der Waals surface area contributed by atoms with Gasteiger partial charge in [0.15, 0.2) is 0 Å². The van der Waals surface area contributed by atoms with Crippen molar-refractivity contribution in [2.45, 2.75) is 4.90 Å². The minimum absolute atomic E-state index is 0. The fraction of sp³-hybridized carbons (Fsp3) is 0. The van der Waals surface area contributed by atoms with Gasteiger partial charge in [-0.05, 0) is 33.7 Å². The maximum Gasteiger partial charge on any atom is 0.294 e. The summed E-state index contributed by atoms with van der Waals surface area (Å²) in [6.45, 7) is 0. The van der Waals surface area contributed by atoms with E-state index in [1.807, 2.05) is 36.4 Å². The van der Waals surface area contributed by atoms with Gasteiger partial charge < -0.3 is 0 Å². The van der Waals surface area contributed by atoms with Crippen molar-refractivity contribution in [3.05, 3.63) is 54.6 Å². The second-order valence-electron chi connectivity index (χ2n) is 4.14. The second kappa shape index (κ2) is 5.61. The van der Waals surface area contributed by atoms with Gasteiger partial charge in [-0.15, -0.1) is 0 Å². The zero-order valence-corrected chi connectivity index (χ0v) is 14.3. The molecule has 0 aliphatic rings. The van der Waals surface area contributed by atoms with Crippen LogP contribution in [-0.4, -0.2) is 64.4 Å². The number of fused-ring (bicyclic) bond motifs is 3. The number of rotatable bonds is 1. The van der Waals surface area contributed by atoms with E-state index in [0.717, 1.165) is 21.5 Å². The molecule has 0 atom stereocenters. The normalized spacial score (nSPS) is 11.4. The largest absolute Gasteiger partial charge is 0.294 e. The van der Waals surface area contributed by atoms with Crippen LogP contribution in [0.2, 0.25) is 0 Å². The molecule has 3 rings (SSSR count). The predicted octanol–water partition coefficient (Wildman–Crippen LogP) is 2.86. The Morgan fingerprint density at radius 2 is 1.37 bits per heavy atom. The van der Waals surface area contributed by atoms with Gasteiger partial charge in [-0.2, -0.15) is 8.42 Å². The molecule has 0 aliphatic carbocycles. The summed E-state index contributed by atoms with van der Waals surface area (Å²) in [6, 6.07) is 16.3. The summed E-state index contributed by atoms with van der Waals surface area (Å²) in [5.74, 6) is 0. The molecular formula is C14H10KO3S. The summed E-state index contributed by atoms with van der Waals surface area (Å²) in [5.41, 5.74) is 0. The number of hydrogen-bond donors (Lipinski definition) is 1. The van der Waals surface area contributed by atoms with Crippen LogP contribution in [0.3, 0.4) is 0 Å². The Labute approximate surface area is 153 Å². The zero-order chi connectivity index (χ0) is 12.8. The van der Waals surface area contributed by atoms with Gasteiger partial charge in [-0.1, -0.05) is 42.5 Å². The quantitative estimate of drug-likeness (QED) is 0.427. The van der Waals surface area contributed by atoms with Crippen LogP contribution in [0.4, 0.5) is 0 Å². The third-order valence-corrected chi connectivity index (χ3v) is 3.87.